The van der Waals surface area contributed by atoms with E-state index in [0.717, 1.165) is 10.2 Å². The summed E-state index contributed by atoms with van der Waals surface area (Å²) in [7, 11) is 0. The van der Waals surface area contributed by atoms with E-state index in [1.54, 1.807) is 4.90 Å². The van der Waals surface area contributed by atoms with Crippen LogP contribution < -0.4 is 4.90 Å². The van der Waals surface area contributed by atoms with E-state index in [2.05, 4.69) is 33.5 Å². The largest absolute Gasteiger partial charge is 0.296 e. The second-order valence-electron chi connectivity index (χ2n) is 3.64. The summed E-state index contributed by atoms with van der Waals surface area (Å²) in [6.07, 6.45) is 0.496. The molecule has 5 heteroatoms. The molecule has 0 spiro atoms. The van der Waals surface area contributed by atoms with Gasteiger partial charge in [0.25, 0.3) is 0 Å². The number of hydrogen-bond donors (Lipinski definition) is 1. The second kappa shape index (κ2) is 4.14. The Morgan fingerprint density at radius 3 is 2.87 bits per heavy atom. The second-order valence-corrected chi connectivity index (χ2v) is 5.12. The summed E-state index contributed by atoms with van der Waals surface area (Å²) >= 11 is 7.67. The van der Waals surface area contributed by atoms with Gasteiger partial charge < -0.3 is 0 Å². The Balaban J connectivity index is 2.30. The van der Waals surface area contributed by atoms with Crippen molar-refractivity contribution >= 4 is 40.3 Å². The van der Waals surface area contributed by atoms with Crippen molar-refractivity contribution in [1.82, 2.24) is 4.98 Å². The Morgan fingerprint density at radius 1 is 1.60 bits per heavy atom. The molecule has 80 valence electrons. The van der Waals surface area contributed by atoms with Gasteiger partial charge in [-0.15, -0.1) is 0 Å². The summed E-state index contributed by atoms with van der Waals surface area (Å²) in [6.45, 7) is 2.61. The zero-order valence-corrected chi connectivity index (χ0v) is 10.8. The Morgan fingerprint density at radius 2 is 2.33 bits per heavy atom. The van der Waals surface area contributed by atoms with E-state index in [1.807, 2.05) is 19.1 Å². The molecule has 1 amide bonds. The quantitative estimate of drug-likeness (QED) is 0.634. The Kier molecular flexibility index (Phi) is 3.02. The minimum atomic E-state index is 0.0956. The molecular weight excluding hydrogens is 276 g/mol. The SMILES string of the molecule is Cc1ccc(N2CC(S)CC2=O)nc1Br. The summed E-state index contributed by atoms with van der Waals surface area (Å²) in [4.78, 5) is 17.6. The first kappa shape index (κ1) is 11.0. The minimum Gasteiger partial charge on any atom is -0.296 e. The number of thiol groups is 1. The van der Waals surface area contributed by atoms with Gasteiger partial charge in [0.2, 0.25) is 5.91 Å². The molecular formula is C10H11BrN2OS. The molecule has 1 aromatic heterocycles. The fourth-order valence-electron chi connectivity index (χ4n) is 1.55. The van der Waals surface area contributed by atoms with Crippen LogP contribution in [0.4, 0.5) is 5.82 Å². The van der Waals surface area contributed by atoms with Crippen molar-refractivity contribution in [3.05, 3.63) is 22.3 Å². The summed E-state index contributed by atoms with van der Waals surface area (Å²) in [5.74, 6) is 0.798. The fraction of sp³-hybridized carbons (Fsp3) is 0.400. The zero-order valence-electron chi connectivity index (χ0n) is 8.27. The number of hydrogen-bond acceptors (Lipinski definition) is 3. The minimum absolute atomic E-state index is 0.0956. The van der Waals surface area contributed by atoms with Crippen molar-refractivity contribution in [2.24, 2.45) is 0 Å². The van der Waals surface area contributed by atoms with Crippen molar-refractivity contribution in [3.63, 3.8) is 0 Å². The number of pyridine rings is 1. The van der Waals surface area contributed by atoms with Crippen LogP contribution in [-0.4, -0.2) is 22.7 Å². The molecule has 0 N–H and O–H groups in total. The highest BCUT2D eigenvalue weighted by Gasteiger charge is 2.29. The molecule has 1 fully saturated rings. The number of nitrogens with zero attached hydrogens (tertiary/aromatic N) is 2. The maximum absolute atomic E-state index is 11.6. The van der Waals surface area contributed by atoms with E-state index in [9.17, 15) is 4.79 Å². The van der Waals surface area contributed by atoms with Crippen LogP contribution in [0.1, 0.15) is 12.0 Å². The van der Waals surface area contributed by atoms with E-state index in [0.29, 0.717) is 18.8 Å². The molecule has 1 aliphatic heterocycles. The summed E-state index contributed by atoms with van der Waals surface area (Å²) in [6, 6.07) is 3.81. The van der Waals surface area contributed by atoms with Crippen LogP contribution in [0, 0.1) is 6.92 Å². The van der Waals surface area contributed by atoms with Gasteiger partial charge in [0, 0.05) is 18.2 Å². The molecule has 0 radical (unpaired) electrons. The number of aromatic nitrogens is 1. The maximum atomic E-state index is 11.6. The van der Waals surface area contributed by atoms with Crippen LogP contribution in [0.25, 0.3) is 0 Å². The summed E-state index contributed by atoms with van der Waals surface area (Å²) in [5, 5.41) is 0.124. The van der Waals surface area contributed by atoms with Gasteiger partial charge in [-0.05, 0) is 34.5 Å². The highest BCUT2D eigenvalue weighted by atomic mass is 79.9. The number of carbonyl (C=O) groups is 1. The monoisotopic (exact) mass is 286 g/mol. The summed E-state index contributed by atoms with van der Waals surface area (Å²) in [5.41, 5.74) is 1.06. The van der Waals surface area contributed by atoms with Crippen LogP contribution >= 0.6 is 28.6 Å². The first-order chi connectivity index (χ1) is 7.08. The van der Waals surface area contributed by atoms with Crippen LogP contribution in [0.5, 0.6) is 0 Å². The van der Waals surface area contributed by atoms with E-state index in [-0.39, 0.29) is 11.2 Å². The Hall–Kier alpha value is -0.550. The highest BCUT2D eigenvalue weighted by molar-refractivity contribution is 9.10. The molecule has 0 saturated carbocycles. The number of aryl methyl sites for hydroxylation is 1. The molecule has 1 aromatic rings. The lowest BCUT2D eigenvalue weighted by Gasteiger charge is -2.15. The third-order valence-corrected chi connectivity index (χ3v) is 3.55. The normalized spacial score (nSPS) is 21.1. The van der Waals surface area contributed by atoms with Crippen LogP contribution in [0.2, 0.25) is 0 Å². The van der Waals surface area contributed by atoms with Crippen molar-refractivity contribution in [2.75, 3.05) is 11.4 Å². The highest BCUT2D eigenvalue weighted by Crippen LogP contribution is 2.24. The zero-order chi connectivity index (χ0) is 11.0. The average molecular weight is 287 g/mol. The lowest BCUT2D eigenvalue weighted by molar-refractivity contribution is -0.117. The molecule has 1 aliphatic rings. The molecule has 1 unspecified atom stereocenters. The predicted octanol–water partition coefficient (Wildman–Crippen LogP) is 2.19. The molecule has 1 saturated heterocycles. The molecule has 0 aliphatic carbocycles. The molecule has 1 atom stereocenters. The Labute approximate surface area is 102 Å². The van der Waals surface area contributed by atoms with Crippen molar-refractivity contribution in [2.45, 2.75) is 18.6 Å². The van der Waals surface area contributed by atoms with Gasteiger partial charge in [-0.3, -0.25) is 9.69 Å². The van der Waals surface area contributed by atoms with Gasteiger partial charge in [0.1, 0.15) is 10.4 Å². The van der Waals surface area contributed by atoms with E-state index >= 15 is 0 Å². The third kappa shape index (κ3) is 2.18. The smallest absolute Gasteiger partial charge is 0.229 e. The molecule has 0 aromatic carbocycles. The van der Waals surface area contributed by atoms with Gasteiger partial charge in [-0.25, -0.2) is 4.98 Å². The van der Waals surface area contributed by atoms with Crippen LogP contribution in [0.15, 0.2) is 16.7 Å². The lowest BCUT2D eigenvalue weighted by atomic mass is 10.3. The fourth-order valence-corrected chi connectivity index (χ4v) is 2.19. The van der Waals surface area contributed by atoms with Gasteiger partial charge in [0.15, 0.2) is 0 Å². The maximum Gasteiger partial charge on any atom is 0.229 e. The van der Waals surface area contributed by atoms with Gasteiger partial charge in [-0.1, -0.05) is 6.07 Å². The van der Waals surface area contributed by atoms with E-state index in [4.69, 9.17) is 0 Å². The summed E-state index contributed by atoms with van der Waals surface area (Å²) < 4.78 is 0.787. The topological polar surface area (TPSA) is 33.2 Å². The molecule has 2 heterocycles. The van der Waals surface area contributed by atoms with E-state index in [1.165, 1.54) is 0 Å². The molecule has 3 nitrogen and oxygen atoms in total. The van der Waals surface area contributed by atoms with Crippen LogP contribution in [0.3, 0.4) is 0 Å². The van der Waals surface area contributed by atoms with E-state index < -0.39 is 0 Å². The molecule has 0 bridgehead atoms. The van der Waals surface area contributed by atoms with Gasteiger partial charge >= 0.3 is 0 Å². The average Bonchev–Trinajstić information content (AvgIpc) is 2.50. The standard InChI is InChI=1S/C10H11BrN2OS/c1-6-2-3-8(12-10(6)11)13-5-7(15)4-9(13)14/h2-3,7,15H,4-5H2,1H3. The predicted molar refractivity (Wildman–Crippen MR) is 66.4 cm³/mol. The number of amides is 1. The van der Waals surface area contributed by atoms with Crippen molar-refractivity contribution in [1.29, 1.82) is 0 Å². The van der Waals surface area contributed by atoms with Gasteiger partial charge in [-0.2, -0.15) is 12.6 Å². The van der Waals surface area contributed by atoms with Crippen molar-refractivity contribution < 1.29 is 4.79 Å². The first-order valence-corrected chi connectivity index (χ1v) is 6.00. The number of anilines is 1. The lowest BCUT2D eigenvalue weighted by Crippen LogP contribution is -2.25. The Bertz CT molecular complexity index is 410. The van der Waals surface area contributed by atoms with Gasteiger partial charge in [0.05, 0.1) is 0 Å². The number of halogens is 1. The van der Waals surface area contributed by atoms with Crippen LogP contribution in [-0.2, 0) is 4.79 Å². The molecule has 15 heavy (non-hydrogen) atoms. The first-order valence-electron chi connectivity index (χ1n) is 4.69. The number of carbonyl (C=O) groups excluding carboxylic acids is 1. The third-order valence-electron chi connectivity index (χ3n) is 2.40. The molecule has 2 rings (SSSR count). The van der Waals surface area contributed by atoms with Crippen molar-refractivity contribution in [3.8, 4) is 0 Å². The number of rotatable bonds is 1.